The molecule has 18 heavy (non-hydrogen) atoms. The largest absolute Gasteiger partial charge is 0.385 e. The number of benzene rings is 1. The summed E-state index contributed by atoms with van der Waals surface area (Å²) in [5, 5.41) is 11.0. The molecule has 3 nitrogen and oxygen atoms in total. The highest BCUT2D eigenvalue weighted by molar-refractivity contribution is 14.1. The van der Waals surface area contributed by atoms with E-state index in [-0.39, 0.29) is 5.41 Å². The molecule has 3 N–H and O–H groups in total. The zero-order chi connectivity index (χ0) is 13.2. The van der Waals surface area contributed by atoms with E-state index in [1.54, 1.807) is 0 Å². The molecule has 0 amide bonds. The molecule has 0 aromatic heterocycles. The summed E-state index contributed by atoms with van der Waals surface area (Å²) in [4.78, 5) is 0. The van der Waals surface area contributed by atoms with Gasteiger partial charge in [-0.1, -0.05) is 12.1 Å². The summed E-state index contributed by atoms with van der Waals surface area (Å²) in [6.45, 7) is 3.72. The molecule has 1 aromatic carbocycles. The minimum absolute atomic E-state index is 0.280. The van der Waals surface area contributed by atoms with Crippen LogP contribution in [-0.2, 0) is 10.3 Å². The van der Waals surface area contributed by atoms with Crippen LogP contribution in [0.4, 0.5) is 0 Å². The Morgan fingerprint density at radius 3 is 2.39 bits per heavy atom. The first-order chi connectivity index (χ1) is 8.52. The minimum atomic E-state index is -0.907. The zero-order valence-corrected chi connectivity index (χ0v) is 12.8. The molecular weight excluding hydrogens is 341 g/mol. The van der Waals surface area contributed by atoms with Crippen molar-refractivity contribution in [3.8, 4) is 0 Å². The van der Waals surface area contributed by atoms with Gasteiger partial charge in [-0.05, 0) is 60.1 Å². The van der Waals surface area contributed by atoms with Crippen LogP contribution in [0.15, 0.2) is 24.3 Å². The van der Waals surface area contributed by atoms with Gasteiger partial charge >= 0.3 is 0 Å². The maximum atomic E-state index is 11.0. The molecule has 2 rings (SSSR count). The van der Waals surface area contributed by atoms with Crippen LogP contribution in [-0.4, -0.2) is 24.9 Å². The van der Waals surface area contributed by atoms with Gasteiger partial charge in [0.2, 0.25) is 0 Å². The molecule has 100 valence electrons. The normalized spacial score (nSPS) is 22.4. The van der Waals surface area contributed by atoms with E-state index < -0.39 is 5.60 Å². The van der Waals surface area contributed by atoms with Gasteiger partial charge in [-0.25, -0.2) is 0 Å². The lowest BCUT2D eigenvalue weighted by Crippen LogP contribution is -2.51. The van der Waals surface area contributed by atoms with E-state index in [2.05, 4.69) is 22.6 Å². The fourth-order valence-electron chi connectivity index (χ4n) is 2.73. The Morgan fingerprint density at radius 1 is 1.33 bits per heavy atom. The number of ether oxygens (including phenoxy) is 1. The second-order valence-corrected chi connectivity index (χ2v) is 6.42. The highest BCUT2D eigenvalue weighted by Gasteiger charge is 2.47. The van der Waals surface area contributed by atoms with Crippen molar-refractivity contribution in [2.45, 2.75) is 25.4 Å². The van der Waals surface area contributed by atoms with E-state index in [4.69, 9.17) is 10.5 Å². The molecule has 1 atom stereocenters. The average Bonchev–Trinajstić information content (AvgIpc) is 2.40. The Balaban J connectivity index is 2.35. The topological polar surface area (TPSA) is 55.5 Å². The van der Waals surface area contributed by atoms with Crippen LogP contribution in [0.1, 0.15) is 25.3 Å². The fourth-order valence-corrected chi connectivity index (χ4v) is 3.09. The number of hydrogen-bond acceptors (Lipinski definition) is 3. The van der Waals surface area contributed by atoms with Gasteiger partial charge in [0.1, 0.15) is 0 Å². The van der Waals surface area contributed by atoms with Crippen molar-refractivity contribution in [2.75, 3.05) is 19.8 Å². The molecule has 0 bridgehead atoms. The molecule has 0 spiro atoms. The number of aliphatic hydroxyl groups is 1. The lowest BCUT2D eigenvalue weighted by atomic mass is 9.65. The Bertz CT molecular complexity index is 397. The van der Waals surface area contributed by atoms with E-state index in [0.717, 1.165) is 18.4 Å². The molecule has 1 saturated heterocycles. The molecule has 1 aliphatic rings. The first kappa shape index (κ1) is 14.2. The minimum Gasteiger partial charge on any atom is -0.385 e. The van der Waals surface area contributed by atoms with Crippen LogP contribution in [0, 0.1) is 8.99 Å². The van der Waals surface area contributed by atoms with E-state index >= 15 is 0 Å². The summed E-state index contributed by atoms with van der Waals surface area (Å²) in [5.74, 6) is 0. The molecule has 1 unspecified atom stereocenters. The van der Waals surface area contributed by atoms with Crippen molar-refractivity contribution in [1.29, 1.82) is 0 Å². The van der Waals surface area contributed by atoms with Crippen molar-refractivity contribution in [3.05, 3.63) is 33.4 Å². The molecule has 1 aliphatic heterocycles. The monoisotopic (exact) mass is 361 g/mol. The lowest BCUT2D eigenvalue weighted by Gasteiger charge is -2.47. The van der Waals surface area contributed by atoms with Crippen molar-refractivity contribution in [1.82, 2.24) is 0 Å². The molecular formula is C14H20INO2. The Labute approximate surface area is 122 Å². The molecule has 1 fully saturated rings. The van der Waals surface area contributed by atoms with Gasteiger partial charge in [-0.2, -0.15) is 0 Å². The van der Waals surface area contributed by atoms with Crippen LogP contribution in [0.3, 0.4) is 0 Å². The SMILES string of the molecule is CC(O)(c1ccc(I)cc1)C1(CN)CCOCC1. The van der Waals surface area contributed by atoms with Gasteiger partial charge in [0, 0.05) is 28.7 Å². The standard InChI is InChI=1S/C14H20INO2/c1-13(17,11-2-4-12(15)5-3-11)14(10-16)6-8-18-9-7-14/h2-5,17H,6-10,16H2,1H3. The summed E-state index contributed by atoms with van der Waals surface area (Å²) < 4.78 is 6.58. The van der Waals surface area contributed by atoms with Crippen LogP contribution < -0.4 is 5.73 Å². The van der Waals surface area contributed by atoms with Gasteiger partial charge in [0.25, 0.3) is 0 Å². The van der Waals surface area contributed by atoms with Crippen LogP contribution in [0.2, 0.25) is 0 Å². The number of hydrogen-bond donors (Lipinski definition) is 2. The smallest absolute Gasteiger partial charge is 0.0938 e. The van der Waals surface area contributed by atoms with Gasteiger partial charge in [-0.15, -0.1) is 0 Å². The van der Waals surface area contributed by atoms with E-state index in [1.807, 2.05) is 31.2 Å². The van der Waals surface area contributed by atoms with Crippen molar-refractivity contribution >= 4 is 22.6 Å². The van der Waals surface area contributed by atoms with E-state index in [9.17, 15) is 5.11 Å². The van der Waals surface area contributed by atoms with Crippen LogP contribution >= 0.6 is 22.6 Å². The molecule has 0 radical (unpaired) electrons. The van der Waals surface area contributed by atoms with E-state index in [1.165, 1.54) is 3.57 Å². The maximum absolute atomic E-state index is 11.0. The fraction of sp³-hybridized carbons (Fsp3) is 0.571. The highest BCUT2D eigenvalue weighted by Crippen LogP contribution is 2.46. The zero-order valence-electron chi connectivity index (χ0n) is 10.7. The van der Waals surface area contributed by atoms with Gasteiger partial charge in [-0.3, -0.25) is 0 Å². The number of halogens is 1. The third kappa shape index (κ3) is 2.43. The van der Waals surface area contributed by atoms with Gasteiger partial charge in [0.05, 0.1) is 5.60 Å². The number of rotatable bonds is 3. The Morgan fingerprint density at radius 2 is 1.89 bits per heavy atom. The van der Waals surface area contributed by atoms with Gasteiger partial charge in [0.15, 0.2) is 0 Å². The van der Waals surface area contributed by atoms with E-state index in [0.29, 0.717) is 19.8 Å². The second-order valence-electron chi connectivity index (χ2n) is 5.18. The van der Waals surface area contributed by atoms with Crippen LogP contribution in [0.25, 0.3) is 0 Å². The predicted molar refractivity (Wildman–Crippen MR) is 80.3 cm³/mol. The number of nitrogens with two attached hydrogens (primary N) is 1. The predicted octanol–water partition coefficient (Wildman–Crippen LogP) is 2.25. The second kappa shape index (κ2) is 5.45. The quantitative estimate of drug-likeness (QED) is 0.812. The summed E-state index contributed by atoms with van der Waals surface area (Å²) in [6, 6.07) is 8.03. The molecule has 4 heteroatoms. The Hall–Kier alpha value is -0.170. The van der Waals surface area contributed by atoms with Crippen molar-refractivity contribution in [3.63, 3.8) is 0 Å². The average molecular weight is 361 g/mol. The summed E-state index contributed by atoms with van der Waals surface area (Å²) in [7, 11) is 0. The Kier molecular flexibility index (Phi) is 4.31. The summed E-state index contributed by atoms with van der Waals surface area (Å²) >= 11 is 2.27. The lowest BCUT2D eigenvalue weighted by molar-refractivity contribution is -0.123. The maximum Gasteiger partial charge on any atom is 0.0938 e. The molecule has 1 aromatic rings. The van der Waals surface area contributed by atoms with Crippen LogP contribution in [0.5, 0.6) is 0 Å². The third-order valence-corrected chi connectivity index (χ3v) is 5.00. The van der Waals surface area contributed by atoms with Gasteiger partial charge < -0.3 is 15.6 Å². The molecule has 0 saturated carbocycles. The molecule has 0 aliphatic carbocycles. The molecule has 1 heterocycles. The van der Waals surface area contributed by atoms with Crippen molar-refractivity contribution < 1.29 is 9.84 Å². The van der Waals surface area contributed by atoms with Crippen molar-refractivity contribution in [2.24, 2.45) is 11.1 Å². The first-order valence-electron chi connectivity index (χ1n) is 6.28. The summed E-state index contributed by atoms with van der Waals surface area (Å²) in [6.07, 6.45) is 1.62. The first-order valence-corrected chi connectivity index (χ1v) is 7.36. The third-order valence-electron chi connectivity index (χ3n) is 4.28. The highest BCUT2D eigenvalue weighted by atomic mass is 127. The summed E-state index contributed by atoms with van der Waals surface area (Å²) in [5.41, 5.74) is 5.73.